The summed E-state index contributed by atoms with van der Waals surface area (Å²) in [7, 11) is 0.568. The third-order valence-corrected chi connectivity index (χ3v) is 7.08. The van der Waals surface area contributed by atoms with Crippen molar-refractivity contribution in [2.75, 3.05) is 32.3 Å². The van der Waals surface area contributed by atoms with Gasteiger partial charge >= 0.3 is 0 Å². The lowest BCUT2D eigenvalue weighted by molar-refractivity contribution is -0.113. The SMILES string of the molecule is COc1ccc(NC(=O)CSc2ccnc3ccccc23)cc1S(=O)(=O)N(C)C. The first kappa shape index (κ1) is 21.1. The highest BCUT2D eigenvalue weighted by Gasteiger charge is 2.23. The van der Waals surface area contributed by atoms with Crippen molar-refractivity contribution in [1.29, 1.82) is 0 Å². The van der Waals surface area contributed by atoms with E-state index >= 15 is 0 Å². The molecule has 3 rings (SSSR count). The number of methoxy groups -OCH3 is 1. The van der Waals surface area contributed by atoms with Crippen LogP contribution in [-0.4, -0.2) is 50.6 Å². The van der Waals surface area contributed by atoms with Gasteiger partial charge in [0.05, 0.1) is 18.4 Å². The molecule has 1 N–H and O–H groups in total. The van der Waals surface area contributed by atoms with Gasteiger partial charge in [-0.1, -0.05) is 18.2 Å². The average Bonchev–Trinajstić information content (AvgIpc) is 2.72. The molecule has 0 spiro atoms. The summed E-state index contributed by atoms with van der Waals surface area (Å²) < 4.78 is 31.3. The number of anilines is 1. The molecule has 1 aromatic heterocycles. The highest BCUT2D eigenvalue weighted by molar-refractivity contribution is 8.00. The zero-order chi connectivity index (χ0) is 21.0. The van der Waals surface area contributed by atoms with Gasteiger partial charge in [-0.15, -0.1) is 11.8 Å². The van der Waals surface area contributed by atoms with E-state index in [9.17, 15) is 13.2 Å². The van der Waals surface area contributed by atoms with E-state index in [-0.39, 0.29) is 22.3 Å². The monoisotopic (exact) mass is 431 g/mol. The second-order valence-electron chi connectivity index (χ2n) is 6.32. The fraction of sp³-hybridized carbons (Fsp3) is 0.200. The molecule has 0 atom stereocenters. The lowest BCUT2D eigenvalue weighted by atomic mass is 10.2. The summed E-state index contributed by atoms with van der Waals surface area (Å²) in [4.78, 5) is 17.7. The van der Waals surface area contributed by atoms with Crippen molar-refractivity contribution in [3.8, 4) is 5.75 Å². The molecule has 0 aliphatic rings. The number of sulfonamides is 1. The summed E-state index contributed by atoms with van der Waals surface area (Å²) in [5, 5.41) is 3.73. The number of hydrogen-bond acceptors (Lipinski definition) is 6. The number of para-hydroxylation sites is 1. The summed E-state index contributed by atoms with van der Waals surface area (Å²) in [5.74, 6) is 0.152. The normalized spacial score (nSPS) is 11.6. The molecule has 0 radical (unpaired) electrons. The van der Waals surface area contributed by atoms with Crippen molar-refractivity contribution in [1.82, 2.24) is 9.29 Å². The summed E-state index contributed by atoms with van der Waals surface area (Å²) >= 11 is 1.40. The summed E-state index contributed by atoms with van der Waals surface area (Å²) in [6.07, 6.45) is 1.71. The van der Waals surface area contributed by atoms with Gasteiger partial charge in [0.15, 0.2) is 0 Å². The maximum Gasteiger partial charge on any atom is 0.246 e. The minimum atomic E-state index is -3.71. The fourth-order valence-corrected chi connectivity index (χ4v) is 4.61. The van der Waals surface area contributed by atoms with E-state index in [0.717, 1.165) is 20.1 Å². The molecule has 0 unspecified atom stereocenters. The van der Waals surface area contributed by atoms with E-state index < -0.39 is 10.0 Å². The van der Waals surface area contributed by atoms with Crippen molar-refractivity contribution in [2.24, 2.45) is 0 Å². The number of benzene rings is 2. The molecular weight excluding hydrogens is 410 g/mol. The van der Waals surface area contributed by atoms with Gasteiger partial charge in [0, 0.05) is 36.3 Å². The maximum atomic E-state index is 12.5. The Morgan fingerprint density at radius 1 is 1.17 bits per heavy atom. The largest absolute Gasteiger partial charge is 0.495 e. The smallest absolute Gasteiger partial charge is 0.246 e. The lowest BCUT2D eigenvalue weighted by Crippen LogP contribution is -2.23. The first-order valence-electron chi connectivity index (χ1n) is 8.70. The van der Waals surface area contributed by atoms with Crippen LogP contribution in [-0.2, 0) is 14.8 Å². The third-order valence-electron chi connectivity index (χ3n) is 4.17. The van der Waals surface area contributed by atoms with Gasteiger partial charge in [0.25, 0.3) is 0 Å². The van der Waals surface area contributed by atoms with Crippen LogP contribution >= 0.6 is 11.8 Å². The van der Waals surface area contributed by atoms with E-state index in [4.69, 9.17) is 4.74 Å². The van der Waals surface area contributed by atoms with Crippen molar-refractivity contribution in [3.63, 3.8) is 0 Å². The Balaban J connectivity index is 1.75. The highest BCUT2D eigenvalue weighted by Crippen LogP contribution is 2.30. The molecule has 2 aromatic carbocycles. The Morgan fingerprint density at radius 3 is 2.66 bits per heavy atom. The van der Waals surface area contributed by atoms with E-state index in [1.54, 1.807) is 12.3 Å². The number of aromatic nitrogens is 1. The predicted octanol–water partition coefficient (Wildman–Crippen LogP) is 3.22. The van der Waals surface area contributed by atoms with E-state index in [1.165, 1.54) is 45.1 Å². The number of fused-ring (bicyclic) bond motifs is 1. The predicted molar refractivity (Wildman–Crippen MR) is 115 cm³/mol. The number of ether oxygens (including phenoxy) is 1. The molecule has 7 nitrogen and oxygen atoms in total. The Kier molecular flexibility index (Phi) is 6.41. The van der Waals surface area contributed by atoms with E-state index in [2.05, 4.69) is 10.3 Å². The number of carbonyl (C=O) groups is 1. The van der Waals surface area contributed by atoms with Crippen LogP contribution in [0.5, 0.6) is 5.75 Å². The van der Waals surface area contributed by atoms with E-state index in [0.29, 0.717) is 5.69 Å². The van der Waals surface area contributed by atoms with Crippen molar-refractivity contribution in [2.45, 2.75) is 9.79 Å². The van der Waals surface area contributed by atoms with Crippen molar-refractivity contribution < 1.29 is 17.9 Å². The topological polar surface area (TPSA) is 88.6 Å². The van der Waals surface area contributed by atoms with Crippen molar-refractivity contribution in [3.05, 3.63) is 54.7 Å². The molecule has 9 heteroatoms. The molecule has 1 heterocycles. The molecule has 0 aliphatic heterocycles. The number of nitrogens with zero attached hydrogens (tertiary/aromatic N) is 2. The van der Waals surface area contributed by atoms with Gasteiger partial charge in [-0.3, -0.25) is 9.78 Å². The van der Waals surface area contributed by atoms with Gasteiger partial charge < -0.3 is 10.1 Å². The molecule has 152 valence electrons. The fourth-order valence-electron chi connectivity index (χ4n) is 2.69. The van der Waals surface area contributed by atoms with Crippen molar-refractivity contribution >= 4 is 44.3 Å². The highest BCUT2D eigenvalue weighted by atomic mass is 32.2. The number of carbonyl (C=O) groups excluding carboxylic acids is 1. The zero-order valence-corrected chi connectivity index (χ0v) is 17.9. The van der Waals surface area contributed by atoms with Crippen LogP contribution in [0.3, 0.4) is 0 Å². The molecule has 3 aromatic rings. The van der Waals surface area contributed by atoms with Gasteiger partial charge in [-0.05, 0) is 30.3 Å². The van der Waals surface area contributed by atoms with Gasteiger partial charge in [0.1, 0.15) is 10.6 Å². The second-order valence-corrected chi connectivity index (χ2v) is 9.45. The lowest BCUT2D eigenvalue weighted by Gasteiger charge is -2.16. The summed E-state index contributed by atoms with van der Waals surface area (Å²) in [6.45, 7) is 0. The van der Waals surface area contributed by atoms with Crippen LogP contribution in [0.2, 0.25) is 0 Å². The number of thioether (sulfide) groups is 1. The minimum absolute atomic E-state index is 0.00409. The third kappa shape index (κ3) is 4.69. The van der Waals surface area contributed by atoms with Crippen LogP contribution in [0.15, 0.2) is 64.5 Å². The molecule has 1 amide bonds. The Labute approximate surface area is 174 Å². The van der Waals surface area contributed by atoms with Gasteiger partial charge in [0.2, 0.25) is 15.9 Å². The molecule has 0 saturated carbocycles. The first-order chi connectivity index (χ1) is 13.8. The Morgan fingerprint density at radius 2 is 1.93 bits per heavy atom. The molecular formula is C20H21N3O4S2. The number of nitrogens with one attached hydrogen (secondary N) is 1. The molecule has 0 saturated heterocycles. The number of amides is 1. The van der Waals surface area contributed by atoms with Gasteiger partial charge in [-0.25, -0.2) is 12.7 Å². The van der Waals surface area contributed by atoms with Crippen LogP contribution in [0.4, 0.5) is 5.69 Å². The molecule has 29 heavy (non-hydrogen) atoms. The Hall–Kier alpha value is -2.62. The summed E-state index contributed by atoms with van der Waals surface area (Å²) in [6, 6.07) is 14.1. The number of pyridine rings is 1. The zero-order valence-electron chi connectivity index (χ0n) is 16.2. The van der Waals surface area contributed by atoms with Gasteiger partial charge in [-0.2, -0.15) is 0 Å². The Bertz CT molecular complexity index is 1140. The molecule has 0 aliphatic carbocycles. The standard InChI is InChI=1S/C20H21N3O4S2/c1-23(2)29(25,26)19-12-14(8-9-17(19)27-3)22-20(24)13-28-18-10-11-21-16-7-5-4-6-15(16)18/h4-12H,13H2,1-3H3,(H,22,24). The number of hydrogen-bond donors (Lipinski definition) is 1. The second kappa shape index (κ2) is 8.81. The molecule has 0 bridgehead atoms. The van der Waals surface area contributed by atoms with Crippen LogP contribution in [0.25, 0.3) is 10.9 Å². The van der Waals surface area contributed by atoms with Crippen LogP contribution in [0, 0.1) is 0 Å². The average molecular weight is 432 g/mol. The number of rotatable bonds is 7. The van der Waals surface area contributed by atoms with Crippen LogP contribution in [0.1, 0.15) is 0 Å². The van der Waals surface area contributed by atoms with E-state index in [1.807, 2.05) is 30.3 Å². The first-order valence-corrected chi connectivity index (χ1v) is 11.1. The molecule has 0 fully saturated rings. The summed E-state index contributed by atoms with van der Waals surface area (Å²) in [5.41, 5.74) is 1.25. The maximum absolute atomic E-state index is 12.5. The quantitative estimate of drug-likeness (QED) is 0.578. The minimum Gasteiger partial charge on any atom is -0.495 e. The van der Waals surface area contributed by atoms with Crippen LogP contribution < -0.4 is 10.1 Å².